The fourth-order valence-electron chi connectivity index (χ4n) is 3.92. The standard InChI is InChI=1S/C20H34O2S2/c1-19(2,3)17(21)13-7-9-15(11-13)23-18(22)14-8-10-16(12-14)24-20(4,5)6/h13-16H,7-12H2,1-6H3/t13-,14-,15-,16+/m0/s1. The van der Waals surface area contributed by atoms with Gasteiger partial charge >= 0.3 is 0 Å². The highest BCUT2D eigenvalue weighted by Gasteiger charge is 2.38. The van der Waals surface area contributed by atoms with E-state index in [4.69, 9.17) is 0 Å². The van der Waals surface area contributed by atoms with Gasteiger partial charge < -0.3 is 0 Å². The lowest BCUT2D eigenvalue weighted by Gasteiger charge is -2.22. The number of rotatable bonds is 4. The Morgan fingerprint density at radius 1 is 0.792 bits per heavy atom. The van der Waals surface area contributed by atoms with Gasteiger partial charge in [-0.15, -0.1) is 0 Å². The third-order valence-electron chi connectivity index (χ3n) is 5.02. The summed E-state index contributed by atoms with van der Waals surface area (Å²) in [6, 6.07) is 0. The Bertz CT molecular complexity index is 473. The Balaban J connectivity index is 1.79. The molecule has 138 valence electrons. The molecule has 0 N–H and O–H groups in total. The van der Waals surface area contributed by atoms with Crippen LogP contribution in [0.15, 0.2) is 0 Å². The Labute approximate surface area is 156 Å². The third kappa shape index (κ3) is 5.79. The summed E-state index contributed by atoms with van der Waals surface area (Å²) < 4.78 is 0.280. The zero-order chi connectivity index (χ0) is 18.1. The summed E-state index contributed by atoms with van der Waals surface area (Å²) in [6.45, 7) is 12.8. The second kappa shape index (κ2) is 7.73. The SMILES string of the molecule is CC(C)(C)S[C@@H]1CC[C@H](C(=O)S[C@H]2CC[C@H](C(=O)C(C)(C)C)C2)C1. The van der Waals surface area contributed by atoms with E-state index < -0.39 is 0 Å². The number of Topliss-reactive ketones (excluding diaryl/α,β-unsaturated/α-hetero) is 1. The van der Waals surface area contributed by atoms with E-state index in [9.17, 15) is 9.59 Å². The molecule has 0 spiro atoms. The summed E-state index contributed by atoms with van der Waals surface area (Å²) in [5, 5.41) is 1.39. The van der Waals surface area contributed by atoms with Gasteiger partial charge in [-0.05, 0) is 38.5 Å². The lowest BCUT2D eigenvalue weighted by Crippen LogP contribution is -2.27. The van der Waals surface area contributed by atoms with Crippen molar-refractivity contribution in [3.8, 4) is 0 Å². The van der Waals surface area contributed by atoms with Crippen molar-refractivity contribution in [2.45, 2.75) is 95.3 Å². The first-order valence-corrected chi connectivity index (χ1v) is 11.1. The summed E-state index contributed by atoms with van der Waals surface area (Å²) in [5.74, 6) is 0.788. The van der Waals surface area contributed by atoms with Crippen LogP contribution in [0.3, 0.4) is 0 Å². The first kappa shape index (κ1) is 20.4. The van der Waals surface area contributed by atoms with Crippen LogP contribution in [-0.4, -0.2) is 26.1 Å². The van der Waals surface area contributed by atoms with Gasteiger partial charge in [0.05, 0.1) is 0 Å². The molecular formula is C20H34O2S2. The largest absolute Gasteiger partial charge is 0.299 e. The molecular weight excluding hydrogens is 336 g/mol. The Morgan fingerprint density at radius 3 is 1.92 bits per heavy atom. The molecule has 0 aromatic carbocycles. The van der Waals surface area contributed by atoms with Gasteiger partial charge in [0.25, 0.3) is 0 Å². The molecule has 0 amide bonds. The van der Waals surface area contributed by atoms with Gasteiger partial charge in [-0.1, -0.05) is 53.3 Å². The summed E-state index contributed by atoms with van der Waals surface area (Å²) in [7, 11) is 0. The van der Waals surface area contributed by atoms with Gasteiger partial charge in [0.2, 0.25) is 0 Å². The van der Waals surface area contributed by atoms with Crippen molar-refractivity contribution in [1.82, 2.24) is 0 Å². The molecule has 0 saturated heterocycles. The minimum absolute atomic E-state index is 0.170. The molecule has 0 unspecified atom stereocenters. The molecule has 0 heterocycles. The second-order valence-electron chi connectivity index (χ2n) is 9.55. The van der Waals surface area contributed by atoms with E-state index in [0.29, 0.717) is 21.4 Å². The average Bonchev–Trinajstić information content (AvgIpc) is 3.04. The minimum Gasteiger partial charge on any atom is -0.299 e. The Kier molecular flexibility index (Phi) is 6.56. The highest BCUT2D eigenvalue weighted by molar-refractivity contribution is 8.14. The van der Waals surface area contributed by atoms with Crippen molar-refractivity contribution >= 4 is 34.4 Å². The van der Waals surface area contributed by atoms with Crippen LogP contribution in [0.4, 0.5) is 0 Å². The van der Waals surface area contributed by atoms with Gasteiger partial charge in [-0.3, -0.25) is 9.59 Å². The molecule has 4 heteroatoms. The molecule has 0 radical (unpaired) electrons. The average molecular weight is 371 g/mol. The van der Waals surface area contributed by atoms with Crippen LogP contribution in [0.25, 0.3) is 0 Å². The Hall–Kier alpha value is 0.0400. The van der Waals surface area contributed by atoms with Crippen LogP contribution in [0.2, 0.25) is 0 Å². The zero-order valence-electron chi connectivity index (χ0n) is 16.2. The van der Waals surface area contributed by atoms with Crippen LogP contribution in [0.1, 0.15) is 80.1 Å². The summed E-state index contributed by atoms with van der Waals surface area (Å²) in [5.41, 5.74) is -0.253. The van der Waals surface area contributed by atoms with E-state index in [0.717, 1.165) is 32.1 Å². The maximum absolute atomic E-state index is 12.7. The fraction of sp³-hybridized carbons (Fsp3) is 0.900. The maximum Gasteiger partial charge on any atom is 0.192 e. The monoisotopic (exact) mass is 370 g/mol. The fourth-order valence-corrected chi connectivity index (χ4v) is 6.82. The predicted octanol–water partition coefficient (Wildman–Crippen LogP) is 5.73. The van der Waals surface area contributed by atoms with E-state index in [1.807, 2.05) is 32.5 Å². The molecule has 4 atom stereocenters. The minimum atomic E-state index is -0.253. The lowest BCUT2D eigenvalue weighted by atomic mass is 9.82. The maximum atomic E-state index is 12.7. The molecule has 0 aromatic rings. The number of hydrogen-bond donors (Lipinski definition) is 0. The van der Waals surface area contributed by atoms with Crippen molar-refractivity contribution in [2.75, 3.05) is 0 Å². The van der Waals surface area contributed by atoms with E-state index >= 15 is 0 Å². The molecule has 2 rings (SSSR count). The zero-order valence-corrected chi connectivity index (χ0v) is 17.8. The van der Waals surface area contributed by atoms with E-state index in [1.165, 1.54) is 6.42 Å². The highest BCUT2D eigenvalue weighted by atomic mass is 32.2. The van der Waals surface area contributed by atoms with Crippen LogP contribution >= 0.6 is 23.5 Å². The van der Waals surface area contributed by atoms with Crippen LogP contribution in [0.5, 0.6) is 0 Å². The van der Waals surface area contributed by atoms with E-state index in [2.05, 4.69) is 20.8 Å². The second-order valence-corrected chi connectivity index (χ2v) is 13.0. The lowest BCUT2D eigenvalue weighted by molar-refractivity contribution is -0.130. The highest BCUT2D eigenvalue weighted by Crippen LogP contribution is 2.44. The first-order valence-electron chi connectivity index (χ1n) is 9.38. The smallest absolute Gasteiger partial charge is 0.192 e. The summed E-state index contributed by atoms with van der Waals surface area (Å²) in [4.78, 5) is 25.1. The van der Waals surface area contributed by atoms with Crippen molar-refractivity contribution in [2.24, 2.45) is 17.3 Å². The Morgan fingerprint density at radius 2 is 1.33 bits per heavy atom. The summed E-state index contributed by atoms with van der Waals surface area (Å²) in [6.07, 6.45) is 6.17. The van der Waals surface area contributed by atoms with Crippen LogP contribution < -0.4 is 0 Å². The molecule has 0 aromatic heterocycles. The molecule has 2 nitrogen and oxygen atoms in total. The normalized spacial score (nSPS) is 31.4. The van der Waals surface area contributed by atoms with Gasteiger partial charge in [0.1, 0.15) is 5.78 Å². The van der Waals surface area contributed by atoms with Crippen molar-refractivity contribution in [3.05, 3.63) is 0 Å². The molecule has 2 aliphatic carbocycles. The number of carbonyl (C=O) groups excluding carboxylic acids is 2. The van der Waals surface area contributed by atoms with Crippen molar-refractivity contribution < 1.29 is 9.59 Å². The third-order valence-corrected chi connectivity index (χ3v) is 7.81. The molecule has 24 heavy (non-hydrogen) atoms. The number of carbonyl (C=O) groups is 2. The van der Waals surface area contributed by atoms with Crippen LogP contribution in [-0.2, 0) is 9.59 Å². The first-order chi connectivity index (χ1) is 11.0. The molecule has 2 fully saturated rings. The molecule has 2 saturated carbocycles. The molecule has 0 bridgehead atoms. The quantitative estimate of drug-likeness (QED) is 0.633. The number of hydrogen-bond acceptors (Lipinski definition) is 4. The summed E-state index contributed by atoms with van der Waals surface area (Å²) >= 11 is 3.59. The predicted molar refractivity (Wildman–Crippen MR) is 107 cm³/mol. The number of thioether (sulfide) groups is 2. The topological polar surface area (TPSA) is 34.1 Å². The van der Waals surface area contributed by atoms with Crippen molar-refractivity contribution in [1.29, 1.82) is 0 Å². The van der Waals surface area contributed by atoms with Gasteiger partial charge in [0.15, 0.2) is 5.12 Å². The van der Waals surface area contributed by atoms with Crippen molar-refractivity contribution in [3.63, 3.8) is 0 Å². The molecule has 0 aliphatic heterocycles. The van der Waals surface area contributed by atoms with Crippen LogP contribution in [0, 0.1) is 17.3 Å². The van der Waals surface area contributed by atoms with Gasteiger partial charge in [-0.25, -0.2) is 0 Å². The van der Waals surface area contributed by atoms with Gasteiger partial charge in [0, 0.05) is 32.5 Å². The van der Waals surface area contributed by atoms with E-state index in [1.54, 1.807) is 11.8 Å². The van der Waals surface area contributed by atoms with Gasteiger partial charge in [-0.2, -0.15) is 11.8 Å². The van der Waals surface area contributed by atoms with E-state index in [-0.39, 0.29) is 22.0 Å². The molecule has 2 aliphatic rings. The number of ketones is 1.